The van der Waals surface area contributed by atoms with Crippen LogP contribution >= 0.6 is 0 Å². The van der Waals surface area contributed by atoms with Gasteiger partial charge in [-0.1, -0.05) is 6.07 Å². The predicted molar refractivity (Wildman–Crippen MR) is 54.2 cm³/mol. The highest BCUT2D eigenvalue weighted by molar-refractivity contribution is 5.89. The van der Waals surface area contributed by atoms with E-state index in [1.54, 1.807) is 13.0 Å². The van der Waals surface area contributed by atoms with Gasteiger partial charge in [-0.2, -0.15) is 0 Å². The molecular formula is C11H11FO3. The second kappa shape index (κ2) is 4.59. The highest BCUT2D eigenvalue weighted by Crippen LogP contribution is 2.22. The maximum Gasteiger partial charge on any atom is 0.328 e. The van der Waals surface area contributed by atoms with Gasteiger partial charge in [-0.3, -0.25) is 0 Å². The number of aliphatic carboxylic acids is 1. The summed E-state index contributed by atoms with van der Waals surface area (Å²) in [6, 6.07) is 4.31. The third kappa shape index (κ3) is 2.80. The first-order chi connectivity index (χ1) is 7.04. The van der Waals surface area contributed by atoms with E-state index in [-0.39, 0.29) is 5.75 Å². The molecule has 0 aliphatic rings. The number of carboxylic acids is 1. The Morgan fingerprint density at radius 3 is 2.67 bits per heavy atom. The molecule has 0 saturated heterocycles. The third-order valence-electron chi connectivity index (χ3n) is 1.95. The summed E-state index contributed by atoms with van der Waals surface area (Å²) in [5.41, 5.74) is 1.01. The molecule has 0 aliphatic carbocycles. The standard InChI is InChI=1S/C11H11FO3/c1-7(5-11(13)14)8-3-4-10(15-2)9(12)6-8/h3-6H,1-2H3,(H,13,14). The molecular weight excluding hydrogens is 199 g/mol. The number of ether oxygens (including phenoxy) is 1. The number of rotatable bonds is 3. The van der Waals surface area contributed by atoms with Crippen molar-refractivity contribution in [2.45, 2.75) is 6.92 Å². The maximum absolute atomic E-state index is 13.2. The van der Waals surface area contributed by atoms with Crippen molar-refractivity contribution < 1.29 is 19.0 Å². The smallest absolute Gasteiger partial charge is 0.328 e. The van der Waals surface area contributed by atoms with Crippen LogP contribution in [0.3, 0.4) is 0 Å². The molecule has 15 heavy (non-hydrogen) atoms. The molecule has 0 spiro atoms. The summed E-state index contributed by atoms with van der Waals surface area (Å²) in [6.07, 6.45) is 1.03. The average molecular weight is 210 g/mol. The lowest BCUT2D eigenvalue weighted by Gasteiger charge is -2.04. The fraction of sp³-hybridized carbons (Fsp3) is 0.182. The van der Waals surface area contributed by atoms with Gasteiger partial charge < -0.3 is 9.84 Å². The Bertz CT molecular complexity index is 410. The van der Waals surface area contributed by atoms with E-state index >= 15 is 0 Å². The summed E-state index contributed by atoms with van der Waals surface area (Å²) in [4.78, 5) is 10.4. The van der Waals surface area contributed by atoms with E-state index in [4.69, 9.17) is 9.84 Å². The molecule has 1 rings (SSSR count). The average Bonchev–Trinajstić information content (AvgIpc) is 2.16. The molecule has 0 aromatic heterocycles. The lowest BCUT2D eigenvalue weighted by Crippen LogP contribution is -1.92. The van der Waals surface area contributed by atoms with Crippen molar-refractivity contribution >= 4 is 11.5 Å². The topological polar surface area (TPSA) is 46.5 Å². The zero-order chi connectivity index (χ0) is 11.4. The van der Waals surface area contributed by atoms with Crippen molar-refractivity contribution in [3.05, 3.63) is 35.7 Å². The molecule has 0 aliphatic heterocycles. The lowest BCUT2D eigenvalue weighted by molar-refractivity contribution is -0.131. The molecule has 1 aromatic rings. The molecule has 0 saturated carbocycles. The third-order valence-corrected chi connectivity index (χ3v) is 1.95. The van der Waals surface area contributed by atoms with Gasteiger partial charge in [0.15, 0.2) is 11.6 Å². The molecule has 0 radical (unpaired) electrons. The van der Waals surface area contributed by atoms with Crippen LogP contribution in [0, 0.1) is 5.82 Å². The Morgan fingerprint density at radius 1 is 1.53 bits per heavy atom. The molecule has 0 amide bonds. The van der Waals surface area contributed by atoms with Crippen LogP contribution in [-0.4, -0.2) is 18.2 Å². The van der Waals surface area contributed by atoms with Crippen molar-refractivity contribution in [3.8, 4) is 5.75 Å². The summed E-state index contributed by atoms with van der Waals surface area (Å²) in [5.74, 6) is -1.42. The van der Waals surface area contributed by atoms with Crippen molar-refractivity contribution in [1.29, 1.82) is 0 Å². The minimum atomic E-state index is -1.05. The van der Waals surface area contributed by atoms with Crippen LogP contribution < -0.4 is 4.74 Å². The fourth-order valence-corrected chi connectivity index (χ4v) is 1.18. The first kappa shape index (κ1) is 11.2. The molecule has 0 fully saturated rings. The van der Waals surface area contributed by atoms with E-state index < -0.39 is 11.8 Å². The summed E-state index contributed by atoms with van der Waals surface area (Å²) in [5, 5.41) is 8.52. The van der Waals surface area contributed by atoms with Crippen LogP contribution in [0.25, 0.3) is 5.57 Å². The molecule has 80 valence electrons. The van der Waals surface area contributed by atoms with Gasteiger partial charge in [0.05, 0.1) is 7.11 Å². The Morgan fingerprint density at radius 2 is 2.20 bits per heavy atom. The number of allylic oxidation sites excluding steroid dienone is 1. The zero-order valence-electron chi connectivity index (χ0n) is 8.45. The van der Waals surface area contributed by atoms with Gasteiger partial charge in [0.25, 0.3) is 0 Å². The van der Waals surface area contributed by atoms with Gasteiger partial charge >= 0.3 is 5.97 Å². The van der Waals surface area contributed by atoms with Crippen LogP contribution in [0.15, 0.2) is 24.3 Å². The first-order valence-electron chi connectivity index (χ1n) is 4.29. The van der Waals surface area contributed by atoms with Gasteiger partial charge in [0.1, 0.15) is 0 Å². The zero-order valence-corrected chi connectivity index (χ0v) is 8.45. The predicted octanol–water partition coefficient (Wildman–Crippen LogP) is 2.32. The summed E-state index contributed by atoms with van der Waals surface area (Å²) in [7, 11) is 1.37. The van der Waals surface area contributed by atoms with Crippen LogP contribution in [-0.2, 0) is 4.79 Å². The summed E-state index contributed by atoms with van der Waals surface area (Å²) < 4.78 is 18.0. The fourth-order valence-electron chi connectivity index (χ4n) is 1.18. The van der Waals surface area contributed by atoms with E-state index in [0.717, 1.165) is 6.08 Å². The van der Waals surface area contributed by atoms with Crippen LogP contribution in [0.1, 0.15) is 12.5 Å². The van der Waals surface area contributed by atoms with Crippen molar-refractivity contribution in [2.75, 3.05) is 7.11 Å². The van der Waals surface area contributed by atoms with Crippen LogP contribution in [0.5, 0.6) is 5.75 Å². The quantitative estimate of drug-likeness (QED) is 0.779. The Hall–Kier alpha value is -1.84. The van der Waals surface area contributed by atoms with E-state index in [1.165, 1.54) is 19.2 Å². The minimum absolute atomic E-state index is 0.141. The molecule has 0 heterocycles. The van der Waals surface area contributed by atoms with Gasteiger partial charge in [-0.25, -0.2) is 9.18 Å². The number of halogens is 1. The van der Waals surface area contributed by atoms with Crippen LogP contribution in [0.4, 0.5) is 4.39 Å². The summed E-state index contributed by atoms with van der Waals surface area (Å²) >= 11 is 0. The molecule has 0 unspecified atom stereocenters. The molecule has 4 heteroatoms. The highest BCUT2D eigenvalue weighted by Gasteiger charge is 2.05. The molecule has 0 bridgehead atoms. The number of methoxy groups -OCH3 is 1. The van der Waals surface area contributed by atoms with Crippen molar-refractivity contribution in [1.82, 2.24) is 0 Å². The van der Waals surface area contributed by atoms with Gasteiger partial charge in [0, 0.05) is 6.08 Å². The summed E-state index contributed by atoms with van der Waals surface area (Å²) in [6.45, 7) is 1.61. The normalized spacial score (nSPS) is 11.3. The largest absolute Gasteiger partial charge is 0.494 e. The Kier molecular flexibility index (Phi) is 3.44. The van der Waals surface area contributed by atoms with Gasteiger partial charge in [0.2, 0.25) is 0 Å². The first-order valence-corrected chi connectivity index (χ1v) is 4.29. The lowest BCUT2D eigenvalue weighted by atomic mass is 10.1. The maximum atomic E-state index is 13.2. The van der Waals surface area contributed by atoms with Gasteiger partial charge in [-0.05, 0) is 30.2 Å². The number of hydrogen-bond acceptors (Lipinski definition) is 2. The molecule has 1 aromatic carbocycles. The SMILES string of the molecule is COc1ccc(C(C)=CC(=O)O)cc1F. The van der Waals surface area contributed by atoms with Crippen molar-refractivity contribution in [3.63, 3.8) is 0 Å². The minimum Gasteiger partial charge on any atom is -0.494 e. The van der Waals surface area contributed by atoms with E-state index in [2.05, 4.69) is 0 Å². The number of carbonyl (C=O) groups is 1. The van der Waals surface area contributed by atoms with Crippen molar-refractivity contribution in [2.24, 2.45) is 0 Å². The molecule has 3 nitrogen and oxygen atoms in total. The van der Waals surface area contributed by atoms with E-state index in [0.29, 0.717) is 11.1 Å². The van der Waals surface area contributed by atoms with Gasteiger partial charge in [-0.15, -0.1) is 0 Å². The van der Waals surface area contributed by atoms with Crippen LogP contribution in [0.2, 0.25) is 0 Å². The molecule has 1 N–H and O–H groups in total. The number of hydrogen-bond donors (Lipinski definition) is 1. The number of benzene rings is 1. The monoisotopic (exact) mass is 210 g/mol. The number of carboxylic acid groups (broad SMARTS) is 1. The second-order valence-corrected chi connectivity index (χ2v) is 3.01. The van der Waals surface area contributed by atoms with E-state index in [1.807, 2.05) is 0 Å². The van der Waals surface area contributed by atoms with E-state index in [9.17, 15) is 9.18 Å². The Labute approximate surface area is 86.8 Å². The highest BCUT2D eigenvalue weighted by atomic mass is 19.1. The Balaban J connectivity index is 3.07. The second-order valence-electron chi connectivity index (χ2n) is 3.01. The molecule has 0 atom stereocenters.